The number of benzene rings is 2. The number of oxazole rings is 1. The number of carbonyl (C=O) groups excluding carboxylic acids is 1. The summed E-state index contributed by atoms with van der Waals surface area (Å²) in [6.07, 6.45) is 5.56. The maximum absolute atomic E-state index is 12.5. The summed E-state index contributed by atoms with van der Waals surface area (Å²) in [4.78, 5) is 19.5. The van der Waals surface area contributed by atoms with Crippen molar-refractivity contribution < 1.29 is 9.21 Å². The Hall–Kier alpha value is -2.63. The van der Waals surface area contributed by atoms with Gasteiger partial charge in [-0.3, -0.25) is 9.69 Å². The van der Waals surface area contributed by atoms with Crippen molar-refractivity contribution in [2.75, 3.05) is 6.54 Å². The molecule has 0 spiro atoms. The van der Waals surface area contributed by atoms with Gasteiger partial charge in [0.25, 0.3) is 0 Å². The molecule has 1 aromatic heterocycles. The molecular weight excluding hydrogens is 410 g/mol. The van der Waals surface area contributed by atoms with Crippen LogP contribution in [-0.4, -0.2) is 28.4 Å². The van der Waals surface area contributed by atoms with Crippen LogP contribution in [0.4, 0.5) is 0 Å². The number of piperidine rings is 1. The Labute approximate surface area is 188 Å². The van der Waals surface area contributed by atoms with Gasteiger partial charge in [-0.25, -0.2) is 4.98 Å². The molecule has 0 aliphatic carbocycles. The number of aromatic nitrogens is 1. The Bertz CT molecular complexity index is 1020. The fourth-order valence-corrected chi connectivity index (χ4v) is 4.16. The number of hydrogen-bond acceptors (Lipinski definition) is 4. The van der Waals surface area contributed by atoms with Crippen molar-refractivity contribution >= 4 is 17.5 Å². The van der Waals surface area contributed by atoms with Gasteiger partial charge in [-0.05, 0) is 61.7 Å². The molecule has 2 aromatic carbocycles. The Kier molecular flexibility index (Phi) is 7.05. The van der Waals surface area contributed by atoms with E-state index in [1.807, 2.05) is 18.2 Å². The van der Waals surface area contributed by atoms with Gasteiger partial charge in [0.1, 0.15) is 6.26 Å². The summed E-state index contributed by atoms with van der Waals surface area (Å²) in [6, 6.07) is 16.2. The number of nitrogens with one attached hydrogen (secondary N) is 1. The number of halogens is 1. The van der Waals surface area contributed by atoms with Crippen LogP contribution in [0.5, 0.6) is 0 Å². The molecule has 1 unspecified atom stereocenters. The third-order valence-electron chi connectivity index (χ3n) is 5.89. The van der Waals surface area contributed by atoms with Gasteiger partial charge in [-0.2, -0.15) is 0 Å². The van der Waals surface area contributed by atoms with Crippen LogP contribution in [0.25, 0.3) is 11.5 Å². The van der Waals surface area contributed by atoms with E-state index in [0.29, 0.717) is 29.2 Å². The van der Waals surface area contributed by atoms with Crippen molar-refractivity contribution in [2.45, 2.75) is 51.7 Å². The van der Waals surface area contributed by atoms with E-state index in [9.17, 15) is 4.79 Å². The molecule has 1 aliphatic heterocycles. The van der Waals surface area contributed by atoms with Gasteiger partial charge in [0.15, 0.2) is 0 Å². The molecule has 6 heteroatoms. The van der Waals surface area contributed by atoms with Crippen LogP contribution in [0.15, 0.2) is 59.2 Å². The molecule has 0 saturated carbocycles. The smallest absolute Gasteiger partial charge is 0.226 e. The molecule has 1 aliphatic rings. The second-order valence-corrected chi connectivity index (χ2v) is 8.62. The zero-order valence-electron chi connectivity index (χ0n) is 17.8. The molecule has 3 aromatic rings. The molecule has 1 N–H and O–H groups in total. The predicted molar refractivity (Wildman–Crippen MR) is 123 cm³/mol. The lowest BCUT2D eigenvalue weighted by molar-refractivity contribution is -0.120. The van der Waals surface area contributed by atoms with Crippen molar-refractivity contribution in [3.05, 3.63) is 76.6 Å². The van der Waals surface area contributed by atoms with Crippen molar-refractivity contribution in [1.29, 1.82) is 0 Å². The molecule has 5 nitrogen and oxygen atoms in total. The SMILES string of the molecule is CC1CCCCN1Cc1ccccc1CNC(=O)Cc1coc(-c2ccc(Cl)cc2)n1. The first-order valence-electron chi connectivity index (χ1n) is 10.9. The second-order valence-electron chi connectivity index (χ2n) is 8.19. The van der Waals surface area contributed by atoms with Crippen molar-refractivity contribution in [3.8, 4) is 11.5 Å². The normalized spacial score (nSPS) is 16.9. The standard InChI is InChI=1S/C25H28ClN3O2/c1-18-6-4-5-13-29(18)16-21-8-3-2-7-20(21)15-27-24(30)14-23-17-31-25(28-23)19-9-11-22(26)12-10-19/h2-3,7-12,17-18H,4-6,13-16H2,1H3,(H,27,30). The van der Waals surface area contributed by atoms with E-state index in [1.165, 1.54) is 31.1 Å². The molecule has 1 atom stereocenters. The van der Waals surface area contributed by atoms with Crippen LogP contribution < -0.4 is 5.32 Å². The lowest BCUT2D eigenvalue weighted by Crippen LogP contribution is -2.37. The van der Waals surface area contributed by atoms with Crippen LogP contribution >= 0.6 is 11.6 Å². The summed E-state index contributed by atoms with van der Waals surface area (Å²) in [5.41, 5.74) is 3.88. The minimum atomic E-state index is -0.0721. The first-order chi connectivity index (χ1) is 15.1. The first-order valence-corrected chi connectivity index (χ1v) is 11.2. The lowest BCUT2D eigenvalue weighted by atomic mass is 10.0. The quantitative estimate of drug-likeness (QED) is 0.550. The predicted octanol–water partition coefficient (Wildman–Crippen LogP) is 5.23. The molecule has 1 saturated heterocycles. The van der Waals surface area contributed by atoms with Crippen molar-refractivity contribution in [2.24, 2.45) is 0 Å². The average molecular weight is 438 g/mol. The molecule has 4 rings (SSSR count). The minimum absolute atomic E-state index is 0.0721. The molecule has 1 fully saturated rings. The number of rotatable bonds is 7. The summed E-state index contributed by atoms with van der Waals surface area (Å²) in [6.45, 7) is 4.89. The largest absolute Gasteiger partial charge is 0.444 e. The number of carbonyl (C=O) groups is 1. The minimum Gasteiger partial charge on any atom is -0.444 e. The average Bonchev–Trinajstić information content (AvgIpc) is 3.23. The monoisotopic (exact) mass is 437 g/mol. The number of hydrogen-bond donors (Lipinski definition) is 1. The van der Waals surface area contributed by atoms with Gasteiger partial charge in [0.2, 0.25) is 11.8 Å². The maximum Gasteiger partial charge on any atom is 0.226 e. The van der Waals surface area contributed by atoms with Crippen molar-refractivity contribution in [1.82, 2.24) is 15.2 Å². The fourth-order valence-electron chi connectivity index (χ4n) is 4.03. The topological polar surface area (TPSA) is 58.4 Å². The van der Waals surface area contributed by atoms with E-state index in [2.05, 4.69) is 40.3 Å². The fraction of sp³-hybridized carbons (Fsp3) is 0.360. The third kappa shape index (κ3) is 5.75. The molecule has 162 valence electrons. The van der Waals surface area contributed by atoms with Gasteiger partial charge < -0.3 is 9.73 Å². The van der Waals surface area contributed by atoms with E-state index >= 15 is 0 Å². The highest BCUT2D eigenvalue weighted by atomic mass is 35.5. The second kappa shape index (κ2) is 10.1. The van der Waals surface area contributed by atoms with Gasteiger partial charge >= 0.3 is 0 Å². The Morgan fingerprint density at radius 1 is 1.16 bits per heavy atom. The van der Waals surface area contributed by atoms with Gasteiger partial charge in [-0.15, -0.1) is 0 Å². The number of likely N-dealkylation sites (tertiary alicyclic amines) is 1. The van der Waals surface area contributed by atoms with Crippen LogP contribution in [-0.2, 0) is 24.3 Å². The van der Waals surface area contributed by atoms with Crippen LogP contribution in [0.3, 0.4) is 0 Å². The zero-order valence-corrected chi connectivity index (χ0v) is 18.6. The van der Waals surface area contributed by atoms with Gasteiger partial charge in [0, 0.05) is 29.7 Å². The number of amides is 1. The Morgan fingerprint density at radius 3 is 2.71 bits per heavy atom. The summed E-state index contributed by atoms with van der Waals surface area (Å²) >= 11 is 5.92. The molecule has 2 heterocycles. The van der Waals surface area contributed by atoms with E-state index in [-0.39, 0.29) is 12.3 Å². The van der Waals surface area contributed by atoms with Gasteiger partial charge in [0.05, 0.1) is 12.1 Å². The molecule has 0 radical (unpaired) electrons. The summed E-state index contributed by atoms with van der Waals surface area (Å²) < 4.78 is 5.53. The molecule has 31 heavy (non-hydrogen) atoms. The first kappa shape index (κ1) is 21.6. The van der Waals surface area contributed by atoms with Crippen LogP contribution in [0.1, 0.15) is 43.0 Å². The Morgan fingerprint density at radius 2 is 1.94 bits per heavy atom. The molecule has 1 amide bonds. The maximum atomic E-state index is 12.5. The molecular formula is C25H28ClN3O2. The van der Waals surface area contributed by atoms with Crippen LogP contribution in [0, 0.1) is 0 Å². The van der Waals surface area contributed by atoms with Crippen LogP contribution in [0.2, 0.25) is 5.02 Å². The van der Waals surface area contributed by atoms with E-state index in [4.69, 9.17) is 16.0 Å². The van der Waals surface area contributed by atoms with E-state index in [0.717, 1.165) is 24.2 Å². The molecule has 0 bridgehead atoms. The highest BCUT2D eigenvalue weighted by Gasteiger charge is 2.19. The van der Waals surface area contributed by atoms with E-state index in [1.54, 1.807) is 12.1 Å². The highest BCUT2D eigenvalue weighted by Crippen LogP contribution is 2.22. The zero-order chi connectivity index (χ0) is 21.6. The summed E-state index contributed by atoms with van der Waals surface area (Å²) in [7, 11) is 0. The summed E-state index contributed by atoms with van der Waals surface area (Å²) in [5.74, 6) is 0.414. The highest BCUT2D eigenvalue weighted by molar-refractivity contribution is 6.30. The lowest BCUT2D eigenvalue weighted by Gasteiger charge is -2.33. The number of nitrogens with zero attached hydrogens (tertiary/aromatic N) is 2. The van der Waals surface area contributed by atoms with Crippen molar-refractivity contribution in [3.63, 3.8) is 0 Å². The van der Waals surface area contributed by atoms with E-state index < -0.39 is 0 Å². The summed E-state index contributed by atoms with van der Waals surface area (Å²) in [5, 5.41) is 3.69. The van der Waals surface area contributed by atoms with Gasteiger partial charge in [-0.1, -0.05) is 42.3 Å². The third-order valence-corrected chi connectivity index (χ3v) is 6.14. The Balaban J connectivity index is 1.34.